The highest BCUT2D eigenvalue weighted by Crippen LogP contribution is 2.25. The molecule has 0 spiro atoms. The van der Waals surface area contributed by atoms with Crippen molar-refractivity contribution in [2.45, 2.75) is 0 Å². The van der Waals surface area contributed by atoms with E-state index in [-0.39, 0.29) is 5.78 Å². The summed E-state index contributed by atoms with van der Waals surface area (Å²) >= 11 is 12.0. The summed E-state index contributed by atoms with van der Waals surface area (Å²) in [5.74, 6) is -0.263. The van der Waals surface area contributed by atoms with E-state index in [0.717, 1.165) is 5.56 Å². The van der Waals surface area contributed by atoms with E-state index in [1.54, 1.807) is 18.2 Å². The van der Waals surface area contributed by atoms with Gasteiger partial charge in [-0.05, 0) is 29.8 Å². The van der Waals surface area contributed by atoms with Gasteiger partial charge < -0.3 is 0 Å². The molecule has 0 bridgehead atoms. The van der Waals surface area contributed by atoms with E-state index >= 15 is 0 Å². The number of carbonyl (C=O) groups excluding carboxylic acids is 1. The Morgan fingerprint density at radius 2 is 1.87 bits per heavy atom. The zero-order chi connectivity index (χ0) is 16.2. The van der Waals surface area contributed by atoms with Gasteiger partial charge in [0.15, 0.2) is 0 Å². The minimum Gasteiger partial charge on any atom is -0.287 e. The smallest absolute Gasteiger partial charge is 0.212 e. The number of halogens is 2. The molecule has 23 heavy (non-hydrogen) atoms. The third-order valence-corrected chi connectivity index (χ3v) is 3.72. The predicted molar refractivity (Wildman–Crippen MR) is 91.4 cm³/mol. The van der Waals surface area contributed by atoms with E-state index in [4.69, 9.17) is 23.2 Å². The van der Waals surface area contributed by atoms with Crippen LogP contribution in [-0.4, -0.2) is 20.5 Å². The minimum atomic E-state index is -0.263. The van der Waals surface area contributed by atoms with Crippen LogP contribution < -0.4 is 0 Å². The normalized spacial score (nSPS) is 11.5. The second-order valence-corrected chi connectivity index (χ2v) is 5.58. The van der Waals surface area contributed by atoms with Gasteiger partial charge in [0.05, 0.1) is 5.02 Å². The van der Waals surface area contributed by atoms with E-state index in [1.165, 1.54) is 23.4 Å². The van der Waals surface area contributed by atoms with E-state index in [9.17, 15) is 4.79 Å². The number of Topliss-reactive ketones (excluding diaryl/α,β-unsaturated/α-hetero) is 1. The third kappa shape index (κ3) is 3.50. The minimum absolute atomic E-state index is 0.263. The quantitative estimate of drug-likeness (QED) is 0.518. The molecule has 1 heterocycles. The lowest BCUT2D eigenvalue weighted by molar-refractivity contribution is 0.105. The summed E-state index contributed by atoms with van der Waals surface area (Å²) < 4.78 is 1.42. The van der Waals surface area contributed by atoms with Crippen LogP contribution in [0.4, 0.5) is 0 Å². The van der Waals surface area contributed by atoms with Crippen LogP contribution in [-0.2, 0) is 0 Å². The molecule has 0 saturated carbocycles. The van der Waals surface area contributed by atoms with Crippen molar-refractivity contribution in [1.29, 1.82) is 0 Å². The molecule has 3 rings (SSSR count). The topological polar surface area (TPSA) is 47.8 Å². The molecule has 0 fully saturated rings. The number of aromatic nitrogens is 3. The van der Waals surface area contributed by atoms with E-state index in [1.807, 2.05) is 30.3 Å². The second-order valence-electron chi connectivity index (χ2n) is 4.73. The number of nitrogens with zero attached hydrogens (tertiary/aromatic N) is 3. The number of carbonyl (C=O) groups is 1. The number of hydrogen-bond acceptors (Lipinski definition) is 3. The van der Waals surface area contributed by atoms with Crippen LogP contribution >= 0.6 is 23.2 Å². The molecule has 0 atom stereocenters. The molecular weight excluding hydrogens is 333 g/mol. The predicted octanol–water partition coefficient (Wildman–Crippen LogP) is 4.47. The molecule has 6 heteroatoms. The zero-order valence-electron chi connectivity index (χ0n) is 11.9. The summed E-state index contributed by atoms with van der Waals surface area (Å²) in [5.41, 5.74) is 1.57. The molecule has 1 aromatic heterocycles. The molecule has 0 saturated heterocycles. The summed E-state index contributed by atoms with van der Waals surface area (Å²) in [6.45, 7) is 0. The van der Waals surface area contributed by atoms with Gasteiger partial charge in [0.2, 0.25) is 5.78 Å². The van der Waals surface area contributed by atoms with Crippen LogP contribution in [0.15, 0.2) is 61.2 Å². The van der Waals surface area contributed by atoms with Crippen molar-refractivity contribution in [3.8, 4) is 0 Å². The van der Waals surface area contributed by atoms with Crippen molar-refractivity contribution in [1.82, 2.24) is 14.8 Å². The van der Waals surface area contributed by atoms with Gasteiger partial charge in [-0.3, -0.25) is 4.79 Å². The second kappa shape index (κ2) is 6.77. The Bertz CT molecular complexity index is 859. The molecule has 0 aliphatic heterocycles. The Labute approximate surface area is 143 Å². The van der Waals surface area contributed by atoms with Crippen molar-refractivity contribution in [2.24, 2.45) is 0 Å². The van der Waals surface area contributed by atoms with Gasteiger partial charge in [0.1, 0.15) is 18.4 Å². The fourth-order valence-corrected chi connectivity index (χ4v) is 2.58. The molecule has 0 aliphatic rings. The molecule has 0 N–H and O–H groups in total. The average Bonchev–Trinajstić information content (AvgIpc) is 3.07. The van der Waals surface area contributed by atoms with Gasteiger partial charge >= 0.3 is 0 Å². The molecule has 3 aromatic rings. The molecule has 0 unspecified atom stereocenters. The Hall–Kier alpha value is -2.43. The highest BCUT2D eigenvalue weighted by Gasteiger charge is 2.18. The number of rotatable bonds is 4. The lowest BCUT2D eigenvalue weighted by Crippen LogP contribution is -2.10. The third-order valence-electron chi connectivity index (χ3n) is 3.18. The molecule has 114 valence electrons. The van der Waals surface area contributed by atoms with E-state index in [0.29, 0.717) is 21.3 Å². The van der Waals surface area contributed by atoms with Gasteiger partial charge in [-0.25, -0.2) is 9.67 Å². The molecular formula is C17H11Cl2N3O. The van der Waals surface area contributed by atoms with Crippen LogP contribution in [0.3, 0.4) is 0 Å². The fourth-order valence-electron chi connectivity index (χ4n) is 2.09. The number of benzene rings is 2. The summed E-state index contributed by atoms with van der Waals surface area (Å²) in [6.07, 6.45) is 4.58. The first-order valence-electron chi connectivity index (χ1n) is 6.76. The molecule has 2 aromatic carbocycles. The van der Waals surface area contributed by atoms with Crippen molar-refractivity contribution in [3.63, 3.8) is 0 Å². The lowest BCUT2D eigenvalue weighted by Gasteiger charge is -2.08. The van der Waals surface area contributed by atoms with Crippen LogP contribution in [0.5, 0.6) is 0 Å². The van der Waals surface area contributed by atoms with Crippen molar-refractivity contribution in [2.75, 3.05) is 0 Å². The number of allylic oxidation sites excluding steroid dienone is 1. The monoisotopic (exact) mass is 343 g/mol. The van der Waals surface area contributed by atoms with Crippen molar-refractivity contribution in [3.05, 3.63) is 82.4 Å². The first-order chi connectivity index (χ1) is 11.1. The van der Waals surface area contributed by atoms with Gasteiger partial charge in [0, 0.05) is 10.6 Å². The standard InChI is InChI=1S/C17H11Cl2N3O/c18-13-6-7-14(15(19)9-13)17(23)16(22-11-20-10-21-22)8-12-4-2-1-3-5-12/h1-11H. The van der Waals surface area contributed by atoms with Crippen LogP contribution in [0.1, 0.15) is 15.9 Å². The molecule has 0 aliphatic carbocycles. The highest BCUT2D eigenvalue weighted by molar-refractivity contribution is 6.40. The maximum atomic E-state index is 12.9. The largest absolute Gasteiger partial charge is 0.287 e. The van der Waals surface area contributed by atoms with Gasteiger partial charge in [-0.1, -0.05) is 53.5 Å². The van der Waals surface area contributed by atoms with Crippen LogP contribution in [0.25, 0.3) is 11.8 Å². The summed E-state index contributed by atoms with van der Waals surface area (Å²) in [7, 11) is 0. The Balaban J connectivity index is 2.09. The molecule has 4 nitrogen and oxygen atoms in total. The van der Waals surface area contributed by atoms with Gasteiger partial charge in [-0.2, -0.15) is 5.10 Å². The van der Waals surface area contributed by atoms with E-state index < -0.39 is 0 Å². The number of hydrogen-bond donors (Lipinski definition) is 0. The lowest BCUT2D eigenvalue weighted by atomic mass is 10.1. The highest BCUT2D eigenvalue weighted by atomic mass is 35.5. The first kappa shape index (κ1) is 15.5. The summed E-state index contributed by atoms with van der Waals surface area (Å²) in [4.78, 5) is 16.8. The maximum Gasteiger partial charge on any atom is 0.212 e. The Kier molecular flexibility index (Phi) is 4.55. The van der Waals surface area contributed by atoms with Crippen molar-refractivity contribution >= 4 is 40.8 Å². The van der Waals surface area contributed by atoms with Crippen LogP contribution in [0, 0.1) is 0 Å². The first-order valence-corrected chi connectivity index (χ1v) is 7.52. The SMILES string of the molecule is O=C(C(=Cc1ccccc1)n1cncn1)c1ccc(Cl)cc1Cl. The Morgan fingerprint density at radius 3 is 2.52 bits per heavy atom. The maximum absolute atomic E-state index is 12.9. The summed E-state index contributed by atoms with van der Waals surface area (Å²) in [6, 6.07) is 14.3. The fraction of sp³-hybridized carbons (Fsp3) is 0. The van der Waals surface area contributed by atoms with Gasteiger partial charge in [0.25, 0.3) is 0 Å². The van der Waals surface area contributed by atoms with Crippen molar-refractivity contribution < 1.29 is 4.79 Å². The van der Waals surface area contributed by atoms with Gasteiger partial charge in [-0.15, -0.1) is 0 Å². The Morgan fingerprint density at radius 1 is 1.09 bits per heavy atom. The molecule has 0 amide bonds. The summed E-state index contributed by atoms with van der Waals surface area (Å²) in [5, 5.41) is 4.82. The van der Waals surface area contributed by atoms with E-state index in [2.05, 4.69) is 10.1 Å². The van der Waals surface area contributed by atoms with Crippen LogP contribution in [0.2, 0.25) is 10.0 Å². The number of ketones is 1. The average molecular weight is 344 g/mol. The molecule has 0 radical (unpaired) electrons. The zero-order valence-corrected chi connectivity index (χ0v) is 13.4.